The summed E-state index contributed by atoms with van der Waals surface area (Å²) in [5.41, 5.74) is 2.31. The standard InChI is InChI=1S/C15H18N2O2.C2H6/c1-3-11-9-13(15(19)16-14(11)4-2)12-5-7-17(10-18)8-6-12;1-2/h3-4,9-10,12H,1-2,5-8H2,(H,16,19);1-2H3. The third-order valence-corrected chi connectivity index (χ3v) is 3.67. The summed E-state index contributed by atoms with van der Waals surface area (Å²) in [4.78, 5) is 27.4. The monoisotopic (exact) mass is 288 g/mol. The van der Waals surface area contributed by atoms with Crippen LogP contribution in [0, 0.1) is 0 Å². The molecule has 1 aliphatic rings. The maximum Gasteiger partial charge on any atom is 0.251 e. The fraction of sp³-hybridized carbons (Fsp3) is 0.412. The van der Waals surface area contributed by atoms with E-state index in [1.54, 1.807) is 17.1 Å². The highest BCUT2D eigenvalue weighted by Gasteiger charge is 2.22. The van der Waals surface area contributed by atoms with Crippen molar-refractivity contribution in [2.45, 2.75) is 32.6 Å². The van der Waals surface area contributed by atoms with Gasteiger partial charge in [-0.3, -0.25) is 9.59 Å². The maximum atomic E-state index is 12.1. The van der Waals surface area contributed by atoms with E-state index in [0.29, 0.717) is 18.8 Å². The van der Waals surface area contributed by atoms with Gasteiger partial charge in [0.2, 0.25) is 6.41 Å². The van der Waals surface area contributed by atoms with Gasteiger partial charge in [-0.2, -0.15) is 0 Å². The van der Waals surface area contributed by atoms with Gasteiger partial charge < -0.3 is 9.88 Å². The number of piperidine rings is 1. The van der Waals surface area contributed by atoms with E-state index in [1.807, 2.05) is 19.9 Å². The largest absolute Gasteiger partial charge is 0.345 e. The summed E-state index contributed by atoms with van der Waals surface area (Å²) in [7, 11) is 0. The molecule has 4 nitrogen and oxygen atoms in total. The van der Waals surface area contributed by atoms with Crippen molar-refractivity contribution in [1.29, 1.82) is 0 Å². The minimum absolute atomic E-state index is 0.0648. The molecule has 0 saturated carbocycles. The van der Waals surface area contributed by atoms with Gasteiger partial charge in [-0.1, -0.05) is 33.1 Å². The van der Waals surface area contributed by atoms with Crippen LogP contribution in [-0.4, -0.2) is 29.4 Å². The van der Waals surface area contributed by atoms with Crippen molar-refractivity contribution >= 4 is 18.6 Å². The van der Waals surface area contributed by atoms with E-state index in [0.717, 1.165) is 30.4 Å². The number of nitrogens with one attached hydrogen (secondary N) is 1. The molecule has 4 heteroatoms. The van der Waals surface area contributed by atoms with Crippen LogP contribution in [0.1, 0.15) is 49.4 Å². The molecular weight excluding hydrogens is 264 g/mol. The van der Waals surface area contributed by atoms with Crippen LogP contribution in [0.3, 0.4) is 0 Å². The highest BCUT2D eigenvalue weighted by molar-refractivity contribution is 5.61. The molecule has 1 aromatic heterocycles. The molecule has 1 amide bonds. The number of H-pyrrole nitrogens is 1. The third kappa shape index (κ3) is 3.94. The molecule has 0 spiro atoms. The summed E-state index contributed by atoms with van der Waals surface area (Å²) in [6.45, 7) is 12.9. The van der Waals surface area contributed by atoms with Crippen molar-refractivity contribution in [2.75, 3.05) is 13.1 Å². The van der Waals surface area contributed by atoms with Crippen molar-refractivity contribution in [2.24, 2.45) is 0 Å². The van der Waals surface area contributed by atoms with Crippen LogP contribution in [0.25, 0.3) is 12.2 Å². The van der Waals surface area contributed by atoms with Crippen LogP contribution in [0.4, 0.5) is 0 Å². The first-order chi connectivity index (χ1) is 10.2. The molecule has 1 aromatic rings. The van der Waals surface area contributed by atoms with E-state index in [4.69, 9.17) is 0 Å². The smallest absolute Gasteiger partial charge is 0.251 e. The van der Waals surface area contributed by atoms with Crippen LogP contribution in [-0.2, 0) is 4.79 Å². The highest BCUT2D eigenvalue weighted by atomic mass is 16.1. The van der Waals surface area contributed by atoms with Gasteiger partial charge >= 0.3 is 0 Å². The van der Waals surface area contributed by atoms with Gasteiger partial charge in [-0.05, 0) is 36.5 Å². The zero-order chi connectivity index (χ0) is 15.8. The van der Waals surface area contributed by atoms with Gasteiger partial charge in [0.05, 0.1) is 0 Å². The first-order valence-corrected chi connectivity index (χ1v) is 7.41. The molecule has 1 N–H and O–H groups in total. The summed E-state index contributed by atoms with van der Waals surface area (Å²) in [5.74, 6) is 0.206. The van der Waals surface area contributed by atoms with E-state index in [-0.39, 0.29) is 11.5 Å². The Morgan fingerprint density at radius 3 is 2.33 bits per heavy atom. The Balaban J connectivity index is 0.00000106. The lowest BCUT2D eigenvalue weighted by molar-refractivity contribution is -0.119. The summed E-state index contributed by atoms with van der Waals surface area (Å²) in [6.07, 6.45) is 5.86. The predicted octanol–water partition coefficient (Wildman–Crippen LogP) is 3.02. The van der Waals surface area contributed by atoms with E-state index < -0.39 is 0 Å². The first-order valence-electron chi connectivity index (χ1n) is 7.41. The van der Waals surface area contributed by atoms with E-state index >= 15 is 0 Å². The van der Waals surface area contributed by atoms with E-state index in [9.17, 15) is 9.59 Å². The molecule has 1 fully saturated rings. The average Bonchev–Trinajstić information content (AvgIpc) is 2.56. The zero-order valence-corrected chi connectivity index (χ0v) is 12.9. The quantitative estimate of drug-likeness (QED) is 0.866. The van der Waals surface area contributed by atoms with E-state index in [2.05, 4.69) is 18.1 Å². The van der Waals surface area contributed by atoms with Gasteiger partial charge in [0, 0.05) is 24.3 Å². The summed E-state index contributed by atoms with van der Waals surface area (Å²) in [6, 6.07) is 1.89. The fourth-order valence-electron chi connectivity index (χ4n) is 2.53. The Bertz CT molecular complexity index is 552. The minimum Gasteiger partial charge on any atom is -0.345 e. The minimum atomic E-state index is -0.0648. The number of pyridine rings is 1. The van der Waals surface area contributed by atoms with Gasteiger partial charge in [0.1, 0.15) is 0 Å². The number of carbonyl (C=O) groups excluding carboxylic acids is 1. The Morgan fingerprint density at radius 1 is 1.24 bits per heavy atom. The predicted molar refractivity (Wildman–Crippen MR) is 88.2 cm³/mol. The second-order valence-electron chi connectivity index (χ2n) is 4.75. The molecule has 2 rings (SSSR count). The van der Waals surface area contributed by atoms with Gasteiger partial charge in [0.25, 0.3) is 5.56 Å². The third-order valence-electron chi connectivity index (χ3n) is 3.67. The Kier molecular flexibility index (Phi) is 6.66. The number of amides is 1. The second-order valence-corrected chi connectivity index (χ2v) is 4.75. The van der Waals surface area contributed by atoms with Gasteiger partial charge in [0.15, 0.2) is 0 Å². The van der Waals surface area contributed by atoms with Gasteiger partial charge in [-0.25, -0.2) is 0 Å². The molecule has 0 aliphatic carbocycles. The van der Waals surface area contributed by atoms with Crippen LogP contribution >= 0.6 is 0 Å². The maximum absolute atomic E-state index is 12.1. The van der Waals surface area contributed by atoms with Gasteiger partial charge in [-0.15, -0.1) is 0 Å². The summed E-state index contributed by atoms with van der Waals surface area (Å²) in [5, 5.41) is 0. The number of carbonyl (C=O) groups is 1. The summed E-state index contributed by atoms with van der Waals surface area (Å²) >= 11 is 0. The van der Waals surface area contributed by atoms with E-state index in [1.165, 1.54) is 0 Å². The Morgan fingerprint density at radius 2 is 1.86 bits per heavy atom. The SMILES string of the molecule is C=Cc1cc(C2CCN(C=O)CC2)c(=O)[nH]c1C=C.CC. The number of hydrogen-bond acceptors (Lipinski definition) is 2. The number of aromatic amines is 1. The molecule has 114 valence electrons. The highest BCUT2D eigenvalue weighted by Crippen LogP contribution is 2.26. The number of rotatable bonds is 4. The number of aromatic nitrogens is 1. The molecule has 1 saturated heterocycles. The first kappa shape index (κ1) is 17.0. The van der Waals surface area contributed by atoms with Crippen LogP contribution in [0.5, 0.6) is 0 Å². The molecule has 0 unspecified atom stereocenters. The lowest BCUT2D eigenvalue weighted by Crippen LogP contribution is -2.33. The summed E-state index contributed by atoms with van der Waals surface area (Å²) < 4.78 is 0. The normalized spacial score (nSPS) is 14.9. The second kappa shape index (κ2) is 8.25. The van der Waals surface area contributed by atoms with Crippen LogP contribution < -0.4 is 5.56 Å². The lowest BCUT2D eigenvalue weighted by Gasteiger charge is -2.29. The topological polar surface area (TPSA) is 53.2 Å². The number of likely N-dealkylation sites (tertiary alicyclic amines) is 1. The molecule has 2 heterocycles. The fourth-order valence-corrected chi connectivity index (χ4v) is 2.53. The Hall–Kier alpha value is -2.10. The van der Waals surface area contributed by atoms with Crippen LogP contribution in [0.15, 0.2) is 24.0 Å². The van der Waals surface area contributed by atoms with Crippen molar-refractivity contribution in [3.8, 4) is 0 Å². The molecular formula is C17H24N2O2. The molecule has 1 aliphatic heterocycles. The molecule has 0 radical (unpaired) electrons. The molecule has 0 aromatic carbocycles. The number of nitrogens with zero attached hydrogens (tertiary/aromatic N) is 1. The molecule has 0 bridgehead atoms. The lowest BCUT2D eigenvalue weighted by atomic mass is 9.89. The van der Waals surface area contributed by atoms with Crippen molar-refractivity contribution in [3.05, 3.63) is 46.4 Å². The molecule has 0 atom stereocenters. The average molecular weight is 288 g/mol. The van der Waals surface area contributed by atoms with Crippen molar-refractivity contribution in [3.63, 3.8) is 0 Å². The Labute approximate surface area is 126 Å². The zero-order valence-electron chi connectivity index (χ0n) is 12.9. The van der Waals surface area contributed by atoms with Crippen molar-refractivity contribution < 1.29 is 4.79 Å². The van der Waals surface area contributed by atoms with Crippen molar-refractivity contribution in [1.82, 2.24) is 9.88 Å². The molecule has 21 heavy (non-hydrogen) atoms. The van der Waals surface area contributed by atoms with Crippen LogP contribution in [0.2, 0.25) is 0 Å². The number of hydrogen-bond donors (Lipinski definition) is 1.